The molecule has 3 rings (SSSR count). The van der Waals surface area contributed by atoms with Crippen molar-refractivity contribution in [2.45, 2.75) is 64.3 Å². The maximum Gasteiger partial charge on any atom is 0.280 e. The summed E-state index contributed by atoms with van der Waals surface area (Å²) in [7, 11) is 2.14. The molecular weight excluding hydrogens is 574 g/mol. The van der Waals surface area contributed by atoms with Crippen LogP contribution in [0.5, 0.6) is 0 Å². The second-order valence-electron chi connectivity index (χ2n) is 11.0. The fourth-order valence-electron chi connectivity index (χ4n) is 4.75. The first-order valence-corrected chi connectivity index (χ1v) is 15.5. The van der Waals surface area contributed by atoms with Crippen molar-refractivity contribution < 1.29 is 4.79 Å². The van der Waals surface area contributed by atoms with E-state index in [2.05, 4.69) is 94.3 Å². The number of rotatable bonds is 16. The Hall–Kier alpha value is -4.15. The van der Waals surface area contributed by atoms with Gasteiger partial charge in [-0.3, -0.25) is 15.1 Å². The molecule has 0 saturated heterocycles. The number of halogens is 1. The van der Waals surface area contributed by atoms with Crippen molar-refractivity contribution in [3.63, 3.8) is 0 Å². The third kappa shape index (κ3) is 10.5. The molecule has 1 amide bonds. The monoisotopic (exact) mass is 619 g/mol. The van der Waals surface area contributed by atoms with Gasteiger partial charge in [-0.1, -0.05) is 73.1 Å². The minimum absolute atomic E-state index is 0.0274. The summed E-state index contributed by atoms with van der Waals surface area (Å²) in [4.78, 5) is 26.5. The van der Waals surface area contributed by atoms with Crippen molar-refractivity contribution in [1.82, 2.24) is 20.2 Å². The Balaban J connectivity index is 1.39. The van der Waals surface area contributed by atoms with E-state index >= 15 is 0 Å². The number of nitrogens with one attached hydrogen (secondary N) is 1. The third-order valence-corrected chi connectivity index (χ3v) is 7.97. The van der Waals surface area contributed by atoms with E-state index in [9.17, 15) is 4.79 Å². The number of nitrogens with two attached hydrogens (primary N) is 4. The minimum atomic E-state index is -0.651. The van der Waals surface area contributed by atoms with Crippen LogP contribution in [-0.4, -0.2) is 52.9 Å². The molecule has 1 heterocycles. The third-order valence-electron chi connectivity index (χ3n) is 7.70. The van der Waals surface area contributed by atoms with Gasteiger partial charge in [0.1, 0.15) is 0 Å². The van der Waals surface area contributed by atoms with Crippen molar-refractivity contribution in [2.75, 3.05) is 31.6 Å². The van der Waals surface area contributed by atoms with Gasteiger partial charge in [-0.05, 0) is 80.7 Å². The lowest BCUT2D eigenvalue weighted by molar-refractivity contribution is 0.0972. The van der Waals surface area contributed by atoms with E-state index in [0.29, 0.717) is 12.6 Å². The van der Waals surface area contributed by atoms with Crippen LogP contribution in [0.3, 0.4) is 0 Å². The van der Waals surface area contributed by atoms with E-state index in [1.807, 2.05) is 0 Å². The number of guanidine groups is 1. The molecule has 0 spiro atoms. The van der Waals surface area contributed by atoms with Gasteiger partial charge in [0.15, 0.2) is 28.4 Å². The number of aliphatic imine (C=N–C) groups is 1. The number of aromatic nitrogens is 2. The van der Waals surface area contributed by atoms with Crippen molar-refractivity contribution >= 4 is 35.1 Å². The molecule has 1 atom stereocenters. The van der Waals surface area contributed by atoms with Gasteiger partial charge in [-0.25, -0.2) is 9.97 Å². The minimum Gasteiger partial charge on any atom is -0.382 e. The number of nitrogen functional groups attached to an aromatic ring is 2. The van der Waals surface area contributed by atoms with Gasteiger partial charge in [-0.2, -0.15) is 0 Å². The van der Waals surface area contributed by atoms with Gasteiger partial charge >= 0.3 is 0 Å². The molecule has 44 heavy (non-hydrogen) atoms. The molecule has 0 radical (unpaired) electrons. The maximum atomic E-state index is 12.3. The average Bonchev–Trinajstić information content (AvgIpc) is 3.01. The van der Waals surface area contributed by atoms with Crippen LogP contribution in [0.15, 0.2) is 65.8 Å². The van der Waals surface area contributed by atoms with Gasteiger partial charge in [-0.15, -0.1) is 0 Å². The summed E-state index contributed by atoms with van der Waals surface area (Å²) in [5.74, 6) is -0.869. The molecule has 11 heteroatoms. The number of aryl methyl sites for hydroxylation is 2. The number of unbranched alkanes of at least 4 members (excludes halogenated alkanes) is 2. The van der Waals surface area contributed by atoms with E-state index in [1.54, 1.807) is 0 Å². The number of carbonyl (C=O) groups excluding carboxylic acids is 1. The molecule has 0 aliphatic carbocycles. The van der Waals surface area contributed by atoms with Crippen molar-refractivity contribution in [1.29, 1.82) is 0 Å². The lowest BCUT2D eigenvalue weighted by atomic mass is 9.99. The number of allylic oxidation sites excluding steroid dienone is 1. The highest BCUT2D eigenvalue weighted by Crippen LogP contribution is 2.23. The molecule has 10 nitrogen and oxygen atoms in total. The standard InChI is InChI=1S/C33H46ClN9O/c1-22(8-4-6-20-35)43(3)23(2)10-11-25-14-18-27(19-15-25)26-16-12-24(13-17-26)9-5-7-21-39-33(38)42-32(44)28-30(36)41-31(37)29(34)40-28/h12-19,22H,2,4-11,20-21,35H2,1,3H3,(H4,36,37,41)(H3,38,39,42,44)/t22-/m0/s1. The van der Waals surface area contributed by atoms with Gasteiger partial charge in [0.2, 0.25) is 0 Å². The fourth-order valence-corrected chi connectivity index (χ4v) is 4.87. The van der Waals surface area contributed by atoms with E-state index in [4.69, 9.17) is 34.5 Å². The number of hydrogen-bond donors (Lipinski definition) is 5. The van der Waals surface area contributed by atoms with Crippen LogP contribution >= 0.6 is 11.6 Å². The highest BCUT2D eigenvalue weighted by Gasteiger charge is 2.16. The van der Waals surface area contributed by atoms with E-state index in [1.165, 1.54) is 28.0 Å². The Morgan fingerprint density at radius 2 is 1.57 bits per heavy atom. The molecule has 2 aromatic carbocycles. The molecule has 1 aromatic heterocycles. The lowest BCUT2D eigenvalue weighted by Crippen LogP contribution is -2.38. The van der Waals surface area contributed by atoms with Crippen molar-refractivity contribution in [2.24, 2.45) is 16.5 Å². The Morgan fingerprint density at radius 3 is 2.18 bits per heavy atom. The number of carbonyl (C=O) groups is 1. The summed E-state index contributed by atoms with van der Waals surface area (Å²) in [6.45, 7) is 7.80. The predicted molar refractivity (Wildman–Crippen MR) is 182 cm³/mol. The Kier molecular flexibility index (Phi) is 13.4. The predicted octanol–water partition coefficient (Wildman–Crippen LogP) is 4.92. The summed E-state index contributed by atoms with van der Waals surface area (Å²) in [5, 5.41) is 2.33. The van der Waals surface area contributed by atoms with E-state index in [0.717, 1.165) is 57.9 Å². The first-order chi connectivity index (χ1) is 21.1. The van der Waals surface area contributed by atoms with Crippen LogP contribution in [0.1, 0.15) is 67.1 Å². The smallest absolute Gasteiger partial charge is 0.280 e. The molecule has 0 unspecified atom stereocenters. The highest BCUT2D eigenvalue weighted by molar-refractivity contribution is 6.31. The van der Waals surface area contributed by atoms with Crippen LogP contribution in [0.4, 0.5) is 11.6 Å². The van der Waals surface area contributed by atoms with E-state index in [-0.39, 0.29) is 28.4 Å². The molecule has 9 N–H and O–H groups in total. The van der Waals surface area contributed by atoms with Gasteiger partial charge in [0, 0.05) is 25.3 Å². The van der Waals surface area contributed by atoms with Crippen LogP contribution in [0.2, 0.25) is 5.15 Å². The Labute approximate surface area is 266 Å². The molecular formula is C33H46ClN9O. The Bertz CT molecular complexity index is 1410. The maximum absolute atomic E-state index is 12.3. The van der Waals surface area contributed by atoms with E-state index < -0.39 is 5.91 Å². The summed E-state index contributed by atoms with van der Waals surface area (Å²) in [6, 6.07) is 17.9. The first-order valence-electron chi connectivity index (χ1n) is 15.1. The van der Waals surface area contributed by atoms with Gasteiger partial charge < -0.3 is 27.8 Å². The summed E-state index contributed by atoms with van der Waals surface area (Å²) in [5.41, 5.74) is 28.7. The first kappa shape index (κ1) is 34.3. The molecule has 0 saturated carbocycles. The summed E-state index contributed by atoms with van der Waals surface area (Å²) in [6.07, 6.45) is 7.95. The molecule has 236 valence electrons. The number of hydrogen-bond acceptors (Lipinski definition) is 8. The summed E-state index contributed by atoms with van der Waals surface area (Å²) < 4.78 is 0. The number of nitrogens with zero attached hydrogens (tertiary/aromatic N) is 4. The van der Waals surface area contributed by atoms with Crippen LogP contribution in [0, 0.1) is 0 Å². The zero-order valence-electron chi connectivity index (χ0n) is 25.9. The van der Waals surface area contributed by atoms with Gasteiger partial charge in [0.05, 0.1) is 0 Å². The van der Waals surface area contributed by atoms with Crippen molar-refractivity contribution in [3.8, 4) is 11.1 Å². The lowest BCUT2D eigenvalue weighted by Gasteiger charge is -2.29. The molecule has 0 bridgehead atoms. The quantitative estimate of drug-likeness (QED) is 0.0852. The SMILES string of the molecule is C=C(CCc1ccc(-c2ccc(CCCCN=C(N)NC(=O)c3nc(Cl)c(N)nc3N)cc2)cc1)N(C)[C@@H](C)CCCCN. The van der Waals surface area contributed by atoms with Crippen molar-refractivity contribution in [3.05, 3.63) is 82.8 Å². The largest absolute Gasteiger partial charge is 0.382 e. The highest BCUT2D eigenvalue weighted by atomic mass is 35.5. The number of benzene rings is 2. The van der Waals surface area contributed by atoms with Crippen LogP contribution in [-0.2, 0) is 12.8 Å². The second-order valence-corrected chi connectivity index (χ2v) is 11.4. The van der Waals surface area contributed by atoms with Crippen LogP contribution < -0.4 is 28.3 Å². The Morgan fingerprint density at radius 1 is 0.955 bits per heavy atom. The summed E-state index contributed by atoms with van der Waals surface area (Å²) >= 11 is 5.83. The molecule has 0 fully saturated rings. The average molecular weight is 620 g/mol. The number of anilines is 2. The molecule has 0 aliphatic heterocycles. The number of amides is 1. The van der Waals surface area contributed by atoms with Crippen LogP contribution in [0.25, 0.3) is 11.1 Å². The fraction of sp³-hybridized carbons (Fsp3) is 0.394. The zero-order valence-corrected chi connectivity index (χ0v) is 26.6. The molecule has 3 aromatic rings. The zero-order chi connectivity index (χ0) is 32.1. The second kappa shape index (κ2) is 17.2. The molecule has 0 aliphatic rings. The van der Waals surface area contributed by atoms with Gasteiger partial charge in [0.25, 0.3) is 5.91 Å². The normalized spacial score (nSPS) is 12.1. The topological polar surface area (TPSA) is 175 Å².